The molecule has 2 N–H and O–H groups in total. The number of aliphatic hydroxyl groups excluding tert-OH is 1. The number of nitriles is 1. The van der Waals surface area contributed by atoms with Crippen molar-refractivity contribution in [3.63, 3.8) is 0 Å². The van der Waals surface area contributed by atoms with Crippen LogP contribution in [0, 0.1) is 11.3 Å². The summed E-state index contributed by atoms with van der Waals surface area (Å²) in [6.07, 6.45) is 6.98. The molecule has 1 aromatic rings. The van der Waals surface area contributed by atoms with Gasteiger partial charge in [0.2, 0.25) is 0 Å². The molecule has 4 nitrogen and oxygen atoms in total. The van der Waals surface area contributed by atoms with Gasteiger partial charge in [-0.2, -0.15) is 5.26 Å². The summed E-state index contributed by atoms with van der Waals surface area (Å²) >= 11 is 0. The van der Waals surface area contributed by atoms with E-state index in [2.05, 4.69) is 16.4 Å². The van der Waals surface area contributed by atoms with Crippen LogP contribution in [0.3, 0.4) is 0 Å². The standard InChI is InChI=1S/C13H17N3O/c14-9-11-5-4-8-15-12(11)16-13(10-17)6-2-1-3-7-13/h4-5,8,17H,1-3,6-7,10H2,(H,15,16). The minimum absolute atomic E-state index is 0.0917. The van der Waals surface area contributed by atoms with Crippen molar-refractivity contribution in [2.24, 2.45) is 0 Å². The van der Waals surface area contributed by atoms with Gasteiger partial charge in [0, 0.05) is 6.20 Å². The maximum absolute atomic E-state index is 9.59. The van der Waals surface area contributed by atoms with Gasteiger partial charge in [-0.1, -0.05) is 19.3 Å². The van der Waals surface area contributed by atoms with Crippen molar-refractivity contribution in [3.8, 4) is 6.07 Å². The van der Waals surface area contributed by atoms with Crippen LogP contribution in [0.15, 0.2) is 18.3 Å². The van der Waals surface area contributed by atoms with Crippen LogP contribution in [0.25, 0.3) is 0 Å². The Labute approximate surface area is 101 Å². The maximum Gasteiger partial charge on any atom is 0.144 e. The minimum Gasteiger partial charge on any atom is -0.394 e. The summed E-state index contributed by atoms with van der Waals surface area (Å²) in [5.41, 5.74) is 0.240. The Morgan fingerprint density at radius 2 is 2.18 bits per heavy atom. The molecule has 0 unspecified atom stereocenters. The molecule has 0 spiro atoms. The molecule has 0 aromatic carbocycles. The third kappa shape index (κ3) is 2.56. The summed E-state index contributed by atoms with van der Waals surface area (Å²) in [5.74, 6) is 0.589. The first-order chi connectivity index (χ1) is 8.29. The summed E-state index contributed by atoms with van der Waals surface area (Å²) in [5, 5.41) is 21.9. The first-order valence-corrected chi connectivity index (χ1v) is 6.04. The summed E-state index contributed by atoms with van der Waals surface area (Å²) in [4.78, 5) is 4.19. The minimum atomic E-state index is -0.293. The van der Waals surface area contributed by atoms with Crippen LogP contribution >= 0.6 is 0 Å². The fourth-order valence-corrected chi connectivity index (χ4v) is 2.40. The summed E-state index contributed by atoms with van der Waals surface area (Å²) in [6.45, 7) is 0.0917. The first-order valence-electron chi connectivity index (χ1n) is 6.04. The van der Waals surface area contributed by atoms with E-state index >= 15 is 0 Å². The Morgan fingerprint density at radius 3 is 2.82 bits per heavy atom. The topological polar surface area (TPSA) is 68.9 Å². The van der Waals surface area contributed by atoms with Gasteiger partial charge in [-0.05, 0) is 25.0 Å². The van der Waals surface area contributed by atoms with Crippen LogP contribution in [0.1, 0.15) is 37.7 Å². The summed E-state index contributed by atoms with van der Waals surface area (Å²) in [7, 11) is 0. The van der Waals surface area contributed by atoms with Gasteiger partial charge in [-0.15, -0.1) is 0 Å². The smallest absolute Gasteiger partial charge is 0.144 e. The van der Waals surface area contributed by atoms with Crippen molar-refractivity contribution >= 4 is 5.82 Å². The number of aliphatic hydroxyl groups is 1. The van der Waals surface area contributed by atoms with E-state index in [0.717, 1.165) is 25.7 Å². The van der Waals surface area contributed by atoms with E-state index in [1.54, 1.807) is 18.3 Å². The van der Waals surface area contributed by atoms with Gasteiger partial charge in [0.1, 0.15) is 11.9 Å². The molecular formula is C13H17N3O. The van der Waals surface area contributed by atoms with Gasteiger partial charge >= 0.3 is 0 Å². The van der Waals surface area contributed by atoms with Crippen molar-refractivity contribution in [1.29, 1.82) is 5.26 Å². The molecule has 0 amide bonds. The van der Waals surface area contributed by atoms with Crippen molar-refractivity contribution in [2.75, 3.05) is 11.9 Å². The predicted octanol–water partition coefficient (Wildman–Crippen LogP) is 2.06. The highest BCUT2D eigenvalue weighted by Gasteiger charge is 2.32. The molecular weight excluding hydrogens is 214 g/mol. The zero-order chi connectivity index (χ0) is 12.1. The fraction of sp³-hybridized carbons (Fsp3) is 0.538. The van der Waals surface area contributed by atoms with Gasteiger partial charge in [0.05, 0.1) is 17.7 Å². The third-order valence-corrected chi connectivity index (χ3v) is 3.43. The molecule has 0 atom stereocenters. The molecule has 1 heterocycles. The SMILES string of the molecule is N#Cc1cccnc1NC1(CO)CCCCC1. The number of nitrogens with one attached hydrogen (secondary N) is 1. The zero-order valence-corrected chi connectivity index (χ0v) is 9.82. The van der Waals surface area contributed by atoms with Gasteiger partial charge < -0.3 is 10.4 Å². The zero-order valence-electron chi connectivity index (χ0n) is 9.82. The number of nitrogens with zero attached hydrogens (tertiary/aromatic N) is 2. The summed E-state index contributed by atoms with van der Waals surface area (Å²) in [6, 6.07) is 5.61. The van der Waals surface area contributed by atoms with Crippen LogP contribution in [0.4, 0.5) is 5.82 Å². The van der Waals surface area contributed by atoms with Gasteiger partial charge in [0.15, 0.2) is 0 Å². The van der Waals surface area contributed by atoms with Gasteiger partial charge in [-0.25, -0.2) is 4.98 Å². The molecule has 0 radical (unpaired) electrons. The number of aromatic nitrogens is 1. The molecule has 4 heteroatoms. The van der Waals surface area contributed by atoms with E-state index in [9.17, 15) is 5.11 Å². The largest absolute Gasteiger partial charge is 0.394 e. The lowest BCUT2D eigenvalue weighted by Gasteiger charge is -2.37. The van der Waals surface area contributed by atoms with E-state index in [0.29, 0.717) is 11.4 Å². The molecule has 0 bridgehead atoms. The van der Waals surface area contributed by atoms with Crippen LogP contribution in [0.5, 0.6) is 0 Å². The average molecular weight is 231 g/mol. The third-order valence-electron chi connectivity index (χ3n) is 3.43. The Hall–Kier alpha value is -1.60. The van der Waals surface area contributed by atoms with E-state index < -0.39 is 0 Å². The molecule has 1 aliphatic rings. The molecule has 0 saturated heterocycles. The molecule has 0 aliphatic heterocycles. The maximum atomic E-state index is 9.59. The number of rotatable bonds is 3. The Kier molecular flexibility index (Phi) is 3.60. The quantitative estimate of drug-likeness (QED) is 0.835. The molecule has 1 saturated carbocycles. The van der Waals surface area contributed by atoms with Crippen LogP contribution in [-0.2, 0) is 0 Å². The van der Waals surface area contributed by atoms with Crippen molar-refractivity contribution < 1.29 is 5.11 Å². The van der Waals surface area contributed by atoms with Crippen LogP contribution in [0.2, 0.25) is 0 Å². The highest BCUT2D eigenvalue weighted by Crippen LogP contribution is 2.31. The second-order valence-electron chi connectivity index (χ2n) is 4.64. The molecule has 2 rings (SSSR count). The second kappa shape index (κ2) is 5.15. The van der Waals surface area contributed by atoms with Crippen LogP contribution in [-0.4, -0.2) is 22.2 Å². The first kappa shape index (κ1) is 11.9. The Balaban J connectivity index is 2.21. The lowest BCUT2D eigenvalue weighted by molar-refractivity contribution is 0.172. The number of hydrogen-bond acceptors (Lipinski definition) is 4. The van der Waals surface area contributed by atoms with Crippen molar-refractivity contribution in [3.05, 3.63) is 23.9 Å². The van der Waals surface area contributed by atoms with Crippen molar-refractivity contribution in [1.82, 2.24) is 4.98 Å². The van der Waals surface area contributed by atoms with E-state index in [1.807, 2.05) is 0 Å². The van der Waals surface area contributed by atoms with Gasteiger partial charge in [0.25, 0.3) is 0 Å². The van der Waals surface area contributed by atoms with E-state index in [4.69, 9.17) is 5.26 Å². The molecule has 90 valence electrons. The number of anilines is 1. The molecule has 1 fully saturated rings. The normalized spacial score (nSPS) is 18.4. The monoisotopic (exact) mass is 231 g/mol. The fourth-order valence-electron chi connectivity index (χ4n) is 2.40. The Morgan fingerprint density at radius 1 is 1.41 bits per heavy atom. The molecule has 1 aliphatic carbocycles. The molecule has 17 heavy (non-hydrogen) atoms. The average Bonchev–Trinajstić information content (AvgIpc) is 2.40. The lowest BCUT2D eigenvalue weighted by Crippen LogP contribution is -2.44. The van der Waals surface area contributed by atoms with Crippen LogP contribution < -0.4 is 5.32 Å². The van der Waals surface area contributed by atoms with Gasteiger partial charge in [-0.3, -0.25) is 0 Å². The highest BCUT2D eigenvalue weighted by atomic mass is 16.3. The molecule has 1 aromatic heterocycles. The predicted molar refractivity (Wildman–Crippen MR) is 65.5 cm³/mol. The summed E-state index contributed by atoms with van der Waals surface area (Å²) < 4.78 is 0. The van der Waals surface area contributed by atoms with E-state index in [-0.39, 0.29) is 12.1 Å². The van der Waals surface area contributed by atoms with E-state index in [1.165, 1.54) is 6.42 Å². The second-order valence-corrected chi connectivity index (χ2v) is 4.64. The van der Waals surface area contributed by atoms with Crippen molar-refractivity contribution in [2.45, 2.75) is 37.6 Å². The number of pyridine rings is 1. The Bertz CT molecular complexity index is 419. The highest BCUT2D eigenvalue weighted by molar-refractivity contribution is 5.52. The lowest BCUT2D eigenvalue weighted by atomic mass is 9.82. The number of hydrogen-bond donors (Lipinski definition) is 2.